The van der Waals surface area contributed by atoms with Crippen molar-refractivity contribution in [1.29, 1.82) is 0 Å². The predicted octanol–water partition coefficient (Wildman–Crippen LogP) is 5.39. The van der Waals surface area contributed by atoms with Crippen LogP contribution in [0.2, 0.25) is 10.0 Å². The molecule has 39 heavy (non-hydrogen) atoms. The second-order valence-electron chi connectivity index (χ2n) is 10.6. The first-order valence-electron chi connectivity index (χ1n) is 12.9. The number of aromatic hydroxyl groups is 1. The first kappa shape index (κ1) is 34.0. The lowest BCUT2D eigenvalue weighted by molar-refractivity contribution is -0.125. The topological polar surface area (TPSA) is 145 Å². The highest BCUT2D eigenvalue weighted by atomic mass is 35.5. The molecule has 1 heterocycles. The number of aromatic nitrogens is 2. The molecular weight excluding hydrogens is 545 g/mol. The van der Waals surface area contributed by atoms with Crippen LogP contribution in [0.25, 0.3) is 11.3 Å². The van der Waals surface area contributed by atoms with Crippen LogP contribution in [0.15, 0.2) is 18.2 Å². The normalized spacial score (nSPS) is 11.7. The van der Waals surface area contributed by atoms with E-state index in [1.165, 1.54) is 6.07 Å². The average Bonchev–Trinajstić information content (AvgIpc) is 3.31. The molecule has 1 atom stereocenters. The number of aromatic amines is 1. The minimum absolute atomic E-state index is 0.0659. The lowest BCUT2D eigenvalue weighted by Gasteiger charge is -2.19. The van der Waals surface area contributed by atoms with Crippen molar-refractivity contribution in [3.8, 4) is 17.0 Å². The highest BCUT2D eigenvalue weighted by molar-refractivity contribution is 6.44. The van der Waals surface area contributed by atoms with Crippen molar-refractivity contribution < 1.29 is 24.2 Å². The molecule has 218 valence electrons. The van der Waals surface area contributed by atoms with Crippen molar-refractivity contribution >= 4 is 41.1 Å². The van der Waals surface area contributed by atoms with Gasteiger partial charge in [-0.25, -0.2) is 4.79 Å². The van der Waals surface area contributed by atoms with E-state index in [0.29, 0.717) is 24.2 Å². The lowest BCUT2D eigenvalue weighted by Crippen LogP contribution is -2.43. The van der Waals surface area contributed by atoms with Crippen LogP contribution in [-0.2, 0) is 14.3 Å². The third-order valence-electron chi connectivity index (χ3n) is 4.92. The number of alkyl carbamates (subject to hydrolysis) is 1. The number of rotatable bonds is 10. The molecule has 5 N–H and O–H groups in total. The number of hydrogen-bond donors (Lipinski definition) is 5. The zero-order valence-electron chi connectivity index (χ0n) is 23.7. The van der Waals surface area contributed by atoms with Crippen LogP contribution in [0, 0.1) is 5.92 Å². The van der Waals surface area contributed by atoms with Gasteiger partial charge in [-0.05, 0) is 57.7 Å². The van der Waals surface area contributed by atoms with E-state index in [2.05, 4.69) is 46.9 Å². The van der Waals surface area contributed by atoms with Gasteiger partial charge in [-0.2, -0.15) is 5.10 Å². The molecular formula is C27H41Cl2N5O5. The van der Waals surface area contributed by atoms with Gasteiger partial charge in [-0.1, -0.05) is 50.9 Å². The van der Waals surface area contributed by atoms with Crippen LogP contribution in [0.1, 0.15) is 72.9 Å². The van der Waals surface area contributed by atoms with Crippen LogP contribution in [0.4, 0.5) is 4.79 Å². The summed E-state index contributed by atoms with van der Waals surface area (Å²) >= 11 is 12.3. The molecule has 0 fully saturated rings. The molecule has 2 aromatic rings. The van der Waals surface area contributed by atoms with Crippen LogP contribution in [-0.4, -0.2) is 58.4 Å². The van der Waals surface area contributed by atoms with Crippen molar-refractivity contribution in [2.45, 2.75) is 72.8 Å². The maximum absolute atomic E-state index is 12.1. The summed E-state index contributed by atoms with van der Waals surface area (Å²) < 4.78 is 5.04. The van der Waals surface area contributed by atoms with E-state index in [0.717, 1.165) is 18.0 Å². The number of halogens is 2. The van der Waals surface area contributed by atoms with Gasteiger partial charge in [0.05, 0.1) is 17.3 Å². The molecule has 1 aromatic carbocycles. The molecule has 0 aliphatic rings. The highest BCUT2D eigenvalue weighted by Crippen LogP contribution is 2.39. The summed E-state index contributed by atoms with van der Waals surface area (Å²) in [6.45, 7) is 13.6. The fourth-order valence-corrected chi connectivity index (χ4v) is 3.58. The van der Waals surface area contributed by atoms with E-state index in [-0.39, 0.29) is 40.7 Å². The minimum atomic E-state index is -0.708. The van der Waals surface area contributed by atoms with Crippen LogP contribution in [0.5, 0.6) is 5.75 Å². The number of nitrogens with zero attached hydrogens (tertiary/aromatic N) is 1. The molecule has 0 spiro atoms. The van der Waals surface area contributed by atoms with Crippen molar-refractivity contribution in [2.75, 3.05) is 19.6 Å². The second-order valence-corrected chi connectivity index (χ2v) is 11.3. The summed E-state index contributed by atoms with van der Waals surface area (Å²) in [5.41, 5.74) is 1.40. The van der Waals surface area contributed by atoms with Crippen molar-refractivity contribution in [1.82, 2.24) is 26.1 Å². The van der Waals surface area contributed by atoms with Crippen LogP contribution < -0.4 is 16.0 Å². The zero-order chi connectivity index (χ0) is 29.8. The molecule has 2 rings (SSSR count). The van der Waals surface area contributed by atoms with Gasteiger partial charge in [0.1, 0.15) is 22.9 Å². The Morgan fingerprint density at radius 3 is 2.21 bits per heavy atom. The number of H-pyrrole nitrogens is 1. The van der Waals surface area contributed by atoms with Crippen molar-refractivity contribution in [3.63, 3.8) is 0 Å². The van der Waals surface area contributed by atoms with E-state index >= 15 is 0 Å². The van der Waals surface area contributed by atoms with Gasteiger partial charge in [-0.3, -0.25) is 14.7 Å². The molecule has 1 unspecified atom stereocenters. The predicted molar refractivity (Wildman–Crippen MR) is 154 cm³/mol. The number of phenols is 1. The number of carbonyl (C=O) groups is 3. The third-order valence-corrected chi connectivity index (χ3v) is 5.79. The molecule has 0 bridgehead atoms. The van der Waals surface area contributed by atoms with Gasteiger partial charge >= 0.3 is 6.09 Å². The Kier molecular flexibility index (Phi) is 14.1. The lowest BCUT2D eigenvalue weighted by atomic mass is 9.97. The molecule has 0 aliphatic heterocycles. The first-order valence-corrected chi connectivity index (χ1v) is 13.6. The third kappa shape index (κ3) is 13.1. The Morgan fingerprint density at radius 1 is 1.03 bits per heavy atom. The highest BCUT2D eigenvalue weighted by Gasteiger charge is 2.18. The van der Waals surface area contributed by atoms with E-state index in [1.807, 2.05) is 13.0 Å². The fourth-order valence-electron chi connectivity index (χ4n) is 3.16. The van der Waals surface area contributed by atoms with Gasteiger partial charge in [0, 0.05) is 23.7 Å². The van der Waals surface area contributed by atoms with Gasteiger partial charge in [0.25, 0.3) is 0 Å². The Hall–Kier alpha value is -2.98. The van der Waals surface area contributed by atoms with Gasteiger partial charge in [0.2, 0.25) is 11.8 Å². The van der Waals surface area contributed by atoms with E-state index in [9.17, 15) is 19.5 Å². The monoisotopic (exact) mass is 585 g/mol. The Bertz CT molecular complexity index is 1100. The summed E-state index contributed by atoms with van der Waals surface area (Å²) in [7, 11) is 0. The Morgan fingerprint density at radius 2 is 1.62 bits per heavy atom. The van der Waals surface area contributed by atoms with Crippen molar-refractivity contribution in [2.24, 2.45) is 5.92 Å². The molecule has 10 nitrogen and oxygen atoms in total. The molecule has 3 amide bonds. The van der Waals surface area contributed by atoms with E-state index < -0.39 is 17.6 Å². The molecule has 0 radical (unpaired) electrons. The number of amides is 3. The number of benzene rings is 1. The Labute approximate surface area is 240 Å². The minimum Gasteiger partial charge on any atom is -0.506 e. The SMILES string of the molecule is CC(C)C.CCC(CCNC(=O)CNC(=O)CNC(=O)OC(C)(C)C)c1cc(-c2ccc(O)c(Cl)c2Cl)n[nH]1. The second kappa shape index (κ2) is 16.2. The van der Waals surface area contributed by atoms with E-state index in [4.69, 9.17) is 27.9 Å². The van der Waals surface area contributed by atoms with Gasteiger partial charge < -0.3 is 25.8 Å². The van der Waals surface area contributed by atoms with Gasteiger partial charge in [0.15, 0.2) is 0 Å². The molecule has 0 saturated carbocycles. The number of phenolic OH excluding ortho intramolecular Hbond substituents is 1. The average molecular weight is 587 g/mol. The standard InChI is InChI=1S/C23H31Cl2N5O5.C4H10/c1-5-13(15-10-16(30-29-15)14-6-7-17(31)21(25)20(14)24)8-9-26-18(32)11-27-19(33)12-28-22(34)35-23(2,3)4;1-4(2)3/h6-7,10,13,31H,5,8-9,11-12H2,1-4H3,(H,26,32)(H,27,33)(H,28,34)(H,29,30);4H,1-3H3. The Balaban J connectivity index is 0.00000177. The zero-order valence-corrected chi connectivity index (χ0v) is 25.2. The first-order chi connectivity index (χ1) is 18.1. The number of nitrogens with one attached hydrogen (secondary N) is 4. The summed E-state index contributed by atoms with van der Waals surface area (Å²) in [4.78, 5) is 35.4. The maximum Gasteiger partial charge on any atom is 0.408 e. The molecule has 12 heteroatoms. The van der Waals surface area contributed by atoms with E-state index in [1.54, 1.807) is 26.8 Å². The maximum atomic E-state index is 12.1. The molecule has 0 saturated heterocycles. The summed E-state index contributed by atoms with van der Waals surface area (Å²) in [6.07, 6.45) is 0.733. The molecule has 0 aliphatic carbocycles. The summed E-state index contributed by atoms with van der Waals surface area (Å²) in [5.74, 6) is -0.0268. The number of hydrogen-bond acceptors (Lipinski definition) is 6. The van der Waals surface area contributed by atoms with Gasteiger partial charge in [-0.15, -0.1) is 0 Å². The quantitative estimate of drug-likeness (QED) is 0.252. The molecule has 1 aromatic heterocycles. The number of carbonyl (C=O) groups excluding carboxylic acids is 3. The summed E-state index contributed by atoms with van der Waals surface area (Å²) in [5, 5.41) is 24.8. The van der Waals surface area contributed by atoms with Crippen LogP contribution in [0.3, 0.4) is 0 Å². The summed E-state index contributed by atoms with van der Waals surface area (Å²) in [6, 6.07) is 4.96. The smallest absolute Gasteiger partial charge is 0.408 e. The number of ether oxygens (including phenoxy) is 1. The largest absolute Gasteiger partial charge is 0.506 e. The van der Waals surface area contributed by atoms with Crippen molar-refractivity contribution in [3.05, 3.63) is 33.9 Å². The van der Waals surface area contributed by atoms with Crippen LogP contribution >= 0.6 is 23.2 Å². The fraction of sp³-hybridized carbons (Fsp3) is 0.556.